The summed E-state index contributed by atoms with van der Waals surface area (Å²) in [6, 6.07) is 0. The molecule has 1 unspecified atom stereocenters. The van der Waals surface area contributed by atoms with Crippen LogP contribution in [-0.4, -0.2) is 31.1 Å². The fourth-order valence-electron chi connectivity index (χ4n) is 2.55. The summed E-state index contributed by atoms with van der Waals surface area (Å²) in [4.78, 5) is 2.56. The Morgan fingerprint density at radius 3 is 2.15 bits per heavy atom. The minimum Gasteiger partial charge on any atom is -0.330 e. The van der Waals surface area contributed by atoms with Gasteiger partial charge in [0.25, 0.3) is 0 Å². The lowest BCUT2D eigenvalue weighted by atomic mass is 9.66. The van der Waals surface area contributed by atoms with Gasteiger partial charge in [0.15, 0.2) is 0 Å². The van der Waals surface area contributed by atoms with E-state index in [4.69, 9.17) is 5.73 Å². The van der Waals surface area contributed by atoms with Crippen molar-refractivity contribution in [1.82, 2.24) is 4.90 Å². The molecule has 3 heterocycles. The number of nitrogens with two attached hydrogens (primary N) is 1. The molecule has 0 spiro atoms. The summed E-state index contributed by atoms with van der Waals surface area (Å²) in [6.45, 7) is 7.18. The van der Waals surface area contributed by atoms with E-state index in [2.05, 4.69) is 11.8 Å². The zero-order valence-corrected chi connectivity index (χ0v) is 9.79. The van der Waals surface area contributed by atoms with E-state index in [1.807, 2.05) is 0 Å². The Labute approximate surface area is 93.1 Å². The maximum absolute atomic E-state index is 5.75. The van der Waals surface area contributed by atoms with Crippen LogP contribution in [0, 0.1) is 11.3 Å². The van der Waals surface area contributed by atoms with E-state index in [9.17, 15) is 0 Å². The molecule has 0 aromatic heterocycles. The predicted molar refractivity (Wildman–Crippen MR) is 60.8 cm³/mol. The average Bonchev–Trinajstić information content (AvgIpc) is 2.05. The molecule has 0 aliphatic carbocycles. The molecular formula is C9H20Cl2N2. The molecule has 3 rings (SSSR count). The van der Waals surface area contributed by atoms with Crippen LogP contribution in [0.5, 0.6) is 0 Å². The minimum atomic E-state index is 0. The normalized spacial score (nSPS) is 42.0. The van der Waals surface area contributed by atoms with E-state index in [0.29, 0.717) is 5.41 Å². The highest BCUT2D eigenvalue weighted by molar-refractivity contribution is 5.85. The molecular weight excluding hydrogens is 207 g/mol. The maximum Gasteiger partial charge on any atom is 0.00270 e. The van der Waals surface area contributed by atoms with E-state index in [-0.39, 0.29) is 24.8 Å². The Kier molecular flexibility index (Phi) is 5.02. The molecule has 4 heteroatoms. The van der Waals surface area contributed by atoms with Gasteiger partial charge in [0.05, 0.1) is 0 Å². The third-order valence-corrected chi connectivity index (χ3v) is 3.75. The lowest BCUT2D eigenvalue weighted by molar-refractivity contribution is -0.0169. The van der Waals surface area contributed by atoms with Gasteiger partial charge in [-0.1, -0.05) is 6.92 Å². The second-order valence-corrected chi connectivity index (χ2v) is 4.39. The molecule has 0 aromatic carbocycles. The van der Waals surface area contributed by atoms with Crippen LogP contribution in [0.25, 0.3) is 0 Å². The van der Waals surface area contributed by atoms with Gasteiger partial charge < -0.3 is 10.6 Å². The van der Waals surface area contributed by atoms with Gasteiger partial charge in [-0.05, 0) is 43.8 Å². The number of rotatable bonds is 1. The highest BCUT2D eigenvalue weighted by Crippen LogP contribution is 2.43. The van der Waals surface area contributed by atoms with Crippen LogP contribution in [0.1, 0.15) is 19.8 Å². The van der Waals surface area contributed by atoms with E-state index >= 15 is 0 Å². The summed E-state index contributed by atoms with van der Waals surface area (Å²) < 4.78 is 0. The smallest absolute Gasteiger partial charge is 0.00270 e. The summed E-state index contributed by atoms with van der Waals surface area (Å²) >= 11 is 0. The quantitative estimate of drug-likeness (QED) is 0.735. The van der Waals surface area contributed by atoms with Crippen LogP contribution in [0.3, 0.4) is 0 Å². The van der Waals surface area contributed by atoms with Gasteiger partial charge in [0.1, 0.15) is 0 Å². The van der Waals surface area contributed by atoms with Crippen molar-refractivity contribution in [2.75, 3.05) is 26.2 Å². The molecule has 0 amide bonds. The molecule has 0 aromatic rings. The zero-order valence-electron chi connectivity index (χ0n) is 8.16. The Balaban J connectivity index is 0.000000720. The van der Waals surface area contributed by atoms with E-state index < -0.39 is 0 Å². The van der Waals surface area contributed by atoms with Crippen molar-refractivity contribution in [2.45, 2.75) is 19.8 Å². The summed E-state index contributed by atoms with van der Waals surface area (Å²) in [7, 11) is 0. The summed E-state index contributed by atoms with van der Waals surface area (Å²) in [6.07, 6.45) is 2.74. The average molecular weight is 227 g/mol. The first-order valence-electron chi connectivity index (χ1n) is 4.67. The maximum atomic E-state index is 5.75. The second kappa shape index (κ2) is 4.83. The number of fused-ring (bicyclic) bond motifs is 3. The lowest BCUT2D eigenvalue weighted by Crippen LogP contribution is -2.55. The highest BCUT2D eigenvalue weighted by atomic mass is 35.5. The van der Waals surface area contributed by atoms with E-state index in [0.717, 1.165) is 12.5 Å². The monoisotopic (exact) mass is 226 g/mol. The van der Waals surface area contributed by atoms with E-state index in [1.54, 1.807) is 0 Å². The van der Waals surface area contributed by atoms with Crippen molar-refractivity contribution >= 4 is 24.8 Å². The van der Waals surface area contributed by atoms with Crippen molar-refractivity contribution in [3.05, 3.63) is 0 Å². The highest BCUT2D eigenvalue weighted by Gasteiger charge is 2.42. The van der Waals surface area contributed by atoms with Crippen LogP contribution in [0.15, 0.2) is 0 Å². The van der Waals surface area contributed by atoms with E-state index in [1.165, 1.54) is 32.5 Å². The van der Waals surface area contributed by atoms with Crippen LogP contribution in [-0.2, 0) is 0 Å². The van der Waals surface area contributed by atoms with Crippen molar-refractivity contribution in [3.63, 3.8) is 0 Å². The van der Waals surface area contributed by atoms with Crippen LogP contribution >= 0.6 is 24.8 Å². The predicted octanol–water partition coefficient (Wildman–Crippen LogP) is 1.52. The molecule has 0 saturated carbocycles. The summed E-state index contributed by atoms with van der Waals surface area (Å²) in [5, 5.41) is 0. The molecule has 3 saturated heterocycles. The molecule has 80 valence electrons. The topological polar surface area (TPSA) is 29.3 Å². The zero-order chi connectivity index (χ0) is 7.90. The fraction of sp³-hybridized carbons (Fsp3) is 1.00. The number of hydrogen-bond acceptors (Lipinski definition) is 2. The first-order valence-corrected chi connectivity index (χ1v) is 4.67. The van der Waals surface area contributed by atoms with Gasteiger partial charge in [-0.15, -0.1) is 24.8 Å². The van der Waals surface area contributed by atoms with Gasteiger partial charge in [-0.2, -0.15) is 0 Å². The van der Waals surface area contributed by atoms with Crippen molar-refractivity contribution in [3.8, 4) is 0 Å². The SMILES string of the molecule is CC12CCN(CC1)CC2CN.Cl.Cl. The molecule has 3 aliphatic rings. The minimum absolute atomic E-state index is 0. The van der Waals surface area contributed by atoms with Crippen LogP contribution in [0.2, 0.25) is 0 Å². The van der Waals surface area contributed by atoms with Gasteiger partial charge >= 0.3 is 0 Å². The third-order valence-electron chi connectivity index (χ3n) is 3.75. The van der Waals surface area contributed by atoms with Crippen molar-refractivity contribution < 1.29 is 0 Å². The Morgan fingerprint density at radius 1 is 1.31 bits per heavy atom. The van der Waals surface area contributed by atoms with Gasteiger partial charge in [0.2, 0.25) is 0 Å². The fourth-order valence-corrected chi connectivity index (χ4v) is 2.55. The van der Waals surface area contributed by atoms with Gasteiger partial charge in [0, 0.05) is 6.54 Å². The molecule has 3 fully saturated rings. The first-order chi connectivity index (χ1) is 5.24. The Morgan fingerprint density at radius 2 is 1.85 bits per heavy atom. The van der Waals surface area contributed by atoms with Crippen molar-refractivity contribution in [2.24, 2.45) is 17.1 Å². The molecule has 0 radical (unpaired) electrons. The van der Waals surface area contributed by atoms with Crippen LogP contribution in [0.4, 0.5) is 0 Å². The number of piperidine rings is 3. The molecule has 3 aliphatic heterocycles. The van der Waals surface area contributed by atoms with Gasteiger partial charge in [-0.25, -0.2) is 0 Å². The lowest BCUT2D eigenvalue weighted by Gasteiger charge is -2.51. The molecule has 2 N–H and O–H groups in total. The Bertz CT molecular complexity index is 156. The second-order valence-electron chi connectivity index (χ2n) is 4.39. The molecule has 2 nitrogen and oxygen atoms in total. The van der Waals surface area contributed by atoms with Crippen molar-refractivity contribution in [1.29, 1.82) is 0 Å². The molecule has 2 bridgehead atoms. The molecule has 13 heavy (non-hydrogen) atoms. The number of hydrogen-bond donors (Lipinski definition) is 1. The number of halogens is 2. The largest absolute Gasteiger partial charge is 0.330 e. The van der Waals surface area contributed by atoms with Crippen LogP contribution < -0.4 is 5.73 Å². The van der Waals surface area contributed by atoms with Gasteiger partial charge in [-0.3, -0.25) is 0 Å². The Hall–Kier alpha value is 0.500. The number of nitrogens with zero attached hydrogens (tertiary/aromatic N) is 1. The standard InChI is InChI=1S/C9H18N2.2ClH/c1-9-2-4-11(5-3-9)7-8(9)6-10;;/h8H,2-7,10H2,1H3;2*1H. The molecule has 1 atom stereocenters. The summed E-state index contributed by atoms with van der Waals surface area (Å²) in [5.74, 6) is 0.769. The first kappa shape index (κ1) is 13.5. The third kappa shape index (κ3) is 2.30. The summed E-state index contributed by atoms with van der Waals surface area (Å²) in [5.41, 5.74) is 6.34.